The largest absolute Gasteiger partial charge is 0.508 e. The third kappa shape index (κ3) is 1.63. The first-order chi connectivity index (χ1) is 8.06. The lowest BCUT2D eigenvalue weighted by Crippen LogP contribution is -2.39. The van der Waals surface area contributed by atoms with Gasteiger partial charge in [-0.05, 0) is 18.2 Å². The van der Waals surface area contributed by atoms with Gasteiger partial charge in [0.1, 0.15) is 12.0 Å². The quantitative estimate of drug-likeness (QED) is 0.717. The molecule has 88 valence electrons. The van der Waals surface area contributed by atoms with E-state index in [1.807, 2.05) is 0 Å². The highest BCUT2D eigenvalue weighted by Gasteiger charge is 2.10. The van der Waals surface area contributed by atoms with Crippen molar-refractivity contribution < 1.29 is 9.90 Å². The van der Waals surface area contributed by atoms with Crippen molar-refractivity contribution in [3.05, 3.63) is 39.0 Å². The second-order valence-electron chi connectivity index (χ2n) is 3.63. The van der Waals surface area contributed by atoms with Crippen LogP contribution in [0.4, 0.5) is 0 Å². The topological polar surface area (TPSA) is 81.3 Å². The molecule has 2 aromatic rings. The molecule has 1 aromatic heterocycles. The summed E-state index contributed by atoms with van der Waals surface area (Å²) in [5, 5.41) is 9.53. The first kappa shape index (κ1) is 11.1. The molecule has 0 radical (unpaired) electrons. The number of carbonyl (C=O) groups is 1. The molecule has 0 spiro atoms. The number of hydrogen-bond donors (Lipinski definition) is 1. The molecular weight excluding hydrogens is 224 g/mol. The number of benzene rings is 1. The lowest BCUT2D eigenvalue weighted by Gasteiger charge is -2.08. The van der Waals surface area contributed by atoms with Gasteiger partial charge >= 0.3 is 5.69 Å². The van der Waals surface area contributed by atoms with Crippen LogP contribution in [0, 0.1) is 0 Å². The molecule has 0 atom stereocenters. The molecule has 1 N–H and O–H groups in total. The number of phenols is 1. The number of aromatic nitrogens is 2. The Morgan fingerprint density at radius 2 is 2.06 bits per heavy atom. The van der Waals surface area contributed by atoms with Crippen LogP contribution in [0.15, 0.2) is 27.8 Å². The van der Waals surface area contributed by atoms with Gasteiger partial charge in [-0.1, -0.05) is 0 Å². The van der Waals surface area contributed by atoms with Crippen molar-refractivity contribution in [2.75, 3.05) is 0 Å². The first-order valence-electron chi connectivity index (χ1n) is 4.92. The van der Waals surface area contributed by atoms with Gasteiger partial charge < -0.3 is 9.90 Å². The number of hydrogen-bond acceptors (Lipinski definition) is 4. The van der Waals surface area contributed by atoms with Crippen LogP contribution >= 0.6 is 0 Å². The molecular formula is C11H10N2O4. The Morgan fingerprint density at radius 3 is 2.71 bits per heavy atom. The zero-order valence-corrected chi connectivity index (χ0v) is 9.08. The standard InChI is InChI=1S/C11H10N2O4/c1-12-9-3-2-7(15)6-8(9)10(16)13(4-5-14)11(12)17/h2-3,5-6,15H,4H2,1H3. The smallest absolute Gasteiger partial charge is 0.331 e. The molecule has 6 heteroatoms. The van der Waals surface area contributed by atoms with Crippen LogP contribution in [0.25, 0.3) is 10.9 Å². The maximum Gasteiger partial charge on any atom is 0.331 e. The van der Waals surface area contributed by atoms with E-state index >= 15 is 0 Å². The maximum absolute atomic E-state index is 11.9. The first-order valence-corrected chi connectivity index (χ1v) is 4.92. The SMILES string of the molecule is Cn1c(=O)n(CC=O)c(=O)c2cc(O)ccc21. The highest BCUT2D eigenvalue weighted by molar-refractivity contribution is 5.79. The average Bonchev–Trinajstić information content (AvgIpc) is 2.32. The van der Waals surface area contributed by atoms with Crippen molar-refractivity contribution in [1.82, 2.24) is 9.13 Å². The summed E-state index contributed by atoms with van der Waals surface area (Å²) in [7, 11) is 1.50. The third-order valence-electron chi connectivity index (χ3n) is 2.59. The van der Waals surface area contributed by atoms with Gasteiger partial charge in [-0.25, -0.2) is 4.79 Å². The molecule has 6 nitrogen and oxygen atoms in total. The van der Waals surface area contributed by atoms with Crippen molar-refractivity contribution in [3.8, 4) is 5.75 Å². The van der Waals surface area contributed by atoms with Crippen LogP contribution in [-0.4, -0.2) is 20.5 Å². The van der Waals surface area contributed by atoms with E-state index in [2.05, 4.69) is 0 Å². The van der Waals surface area contributed by atoms with Crippen LogP contribution in [0.1, 0.15) is 0 Å². The molecule has 0 saturated heterocycles. The maximum atomic E-state index is 11.9. The normalized spacial score (nSPS) is 10.6. The van der Waals surface area contributed by atoms with E-state index in [0.29, 0.717) is 11.8 Å². The van der Waals surface area contributed by atoms with Crippen molar-refractivity contribution >= 4 is 17.2 Å². The molecule has 0 amide bonds. The van der Waals surface area contributed by atoms with Crippen molar-refractivity contribution in [2.24, 2.45) is 7.05 Å². The van der Waals surface area contributed by atoms with Crippen LogP contribution in [0.3, 0.4) is 0 Å². The number of aldehydes is 1. The molecule has 0 fully saturated rings. The lowest BCUT2D eigenvalue weighted by molar-refractivity contribution is -0.108. The van der Waals surface area contributed by atoms with Gasteiger partial charge in [-0.3, -0.25) is 13.9 Å². The minimum Gasteiger partial charge on any atom is -0.508 e. The molecule has 1 aromatic carbocycles. The van der Waals surface area contributed by atoms with E-state index < -0.39 is 11.2 Å². The van der Waals surface area contributed by atoms with E-state index in [4.69, 9.17) is 0 Å². The molecule has 0 aliphatic carbocycles. The summed E-state index contributed by atoms with van der Waals surface area (Å²) in [6.45, 7) is -0.295. The molecule has 0 aliphatic heterocycles. The molecule has 0 bridgehead atoms. The van der Waals surface area contributed by atoms with Crippen LogP contribution in [-0.2, 0) is 18.4 Å². The Kier molecular flexibility index (Phi) is 2.55. The number of aromatic hydroxyl groups is 1. The predicted molar refractivity (Wildman–Crippen MR) is 61.2 cm³/mol. The van der Waals surface area contributed by atoms with Crippen molar-refractivity contribution in [3.63, 3.8) is 0 Å². The minimum absolute atomic E-state index is 0.0640. The summed E-state index contributed by atoms with van der Waals surface area (Å²) in [4.78, 5) is 34.1. The Balaban J connectivity index is 3.01. The summed E-state index contributed by atoms with van der Waals surface area (Å²) in [5.74, 6) is -0.0640. The van der Waals surface area contributed by atoms with Gasteiger partial charge in [0, 0.05) is 7.05 Å². The molecule has 2 rings (SSSR count). The van der Waals surface area contributed by atoms with E-state index in [-0.39, 0.29) is 17.7 Å². The second kappa shape index (κ2) is 3.89. The van der Waals surface area contributed by atoms with Crippen LogP contribution < -0.4 is 11.2 Å². The minimum atomic E-state index is -0.578. The lowest BCUT2D eigenvalue weighted by atomic mass is 10.2. The zero-order valence-electron chi connectivity index (χ0n) is 9.08. The van der Waals surface area contributed by atoms with Crippen molar-refractivity contribution in [2.45, 2.75) is 6.54 Å². The number of phenolic OH excluding ortho intramolecular Hbond substituents is 1. The monoisotopic (exact) mass is 234 g/mol. The van der Waals surface area contributed by atoms with Crippen LogP contribution in [0.5, 0.6) is 5.75 Å². The zero-order chi connectivity index (χ0) is 12.6. The number of fused-ring (bicyclic) bond motifs is 1. The Hall–Kier alpha value is -2.37. The van der Waals surface area contributed by atoms with Crippen molar-refractivity contribution in [1.29, 1.82) is 0 Å². The van der Waals surface area contributed by atoms with E-state index in [1.54, 1.807) is 0 Å². The summed E-state index contributed by atoms with van der Waals surface area (Å²) < 4.78 is 2.09. The summed E-state index contributed by atoms with van der Waals surface area (Å²) in [6.07, 6.45) is 0.484. The molecule has 0 aliphatic rings. The molecule has 17 heavy (non-hydrogen) atoms. The number of nitrogens with zero attached hydrogens (tertiary/aromatic N) is 2. The summed E-state index contributed by atoms with van der Waals surface area (Å²) in [6, 6.07) is 4.16. The predicted octanol–water partition coefficient (Wildman–Crippen LogP) is -0.395. The van der Waals surface area contributed by atoms with Gasteiger partial charge in [0.15, 0.2) is 0 Å². The Labute approximate surface area is 95.3 Å². The fourth-order valence-corrected chi connectivity index (χ4v) is 1.74. The van der Waals surface area contributed by atoms with E-state index in [0.717, 1.165) is 4.57 Å². The van der Waals surface area contributed by atoms with E-state index in [9.17, 15) is 19.5 Å². The number of aryl methyl sites for hydroxylation is 1. The molecule has 0 saturated carbocycles. The Morgan fingerprint density at radius 1 is 1.35 bits per heavy atom. The van der Waals surface area contributed by atoms with Crippen LogP contribution in [0.2, 0.25) is 0 Å². The molecule has 0 unspecified atom stereocenters. The summed E-state index contributed by atoms with van der Waals surface area (Å²) in [5.41, 5.74) is -0.716. The molecule has 1 heterocycles. The number of rotatable bonds is 2. The second-order valence-corrected chi connectivity index (χ2v) is 3.63. The average molecular weight is 234 g/mol. The summed E-state index contributed by atoms with van der Waals surface area (Å²) >= 11 is 0. The van der Waals surface area contributed by atoms with Gasteiger partial charge in [-0.2, -0.15) is 0 Å². The van der Waals surface area contributed by atoms with Gasteiger partial charge in [0.05, 0.1) is 17.4 Å². The third-order valence-corrected chi connectivity index (χ3v) is 2.59. The highest BCUT2D eigenvalue weighted by Crippen LogP contribution is 2.14. The van der Waals surface area contributed by atoms with Gasteiger partial charge in [0.25, 0.3) is 5.56 Å². The van der Waals surface area contributed by atoms with Gasteiger partial charge in [0.2, 0.25) is 0 Å². The highest BCUT2D eigenvalue weighted by atomic mass is 16.3. The Bertz CT molecular complexity index is 712. The number of carbonyl (C=O) groups excluding carboxylic acids is 1. The fraction of sp³-hybridized carbons (Fsp3) is 0.182. The van der Waals surface area contributed by atoms with E-state index in [1.165, 1.54) is 29.8 Å². The van der Waals surface area contributed by atoms with Gasteiger partial charge in [-0.15, -0.1) is 0 Å². The fourth-order valence-electron chi connectivity index (χ4n) is 1.74.